The number of furan rings is 1. The van der Waals surface area contributed by atoms with E-state index in [-0.39, 0.29) is 5.78 Å². The highest BCUT2D eigenvalue weighted by atomic mass is 16.3. The van der Waals surface area contributed by atoms with E-state index < -0.39 is 0 Å². The van der Waals surface area contributed by atoms with E-state index in [1.165, 1.54) is 0 Å². The molecule has 4 aromatic rings. The Balaban J connectivity index is 1.72. The molecular formula is C21H14O2. The first-order chi connectivity index (χ1) is 11.3. The van der Waals surface area contributed by atoms with Crippen LogP contribution in [0.1, 0.15) is 15.9 Å². The van der Waals surface area contributed by atoms with Gasteiger partial charge in [-0.3, -0.25) is 4.79 Å². The van der Waals surface area contributed by atoms with Gasteiger partial charge in [-0.1, -0.05) is 54.6 Å². The fourth-order valence-electron chi connectivity index (χ4n) is 2.71. The van der Waals surface area contributed by atoms with E-state index in [2.05, 4.69) is 0 Å². The quantitative estimate of drug-likeness (QED) is 0.370. The summed E-state index contributed by atoms with van der Waals surface area (Å²) in [5.74, 6) is -0.0129. The summed E-state index contributed by atoms with van der Waals surface area (Å²) in [6.45, 7) is 0. The number of hydrogen-bond donors (Lipinski definition) is 0. The van der Waals surface area contributed by atoms with E-state index in [9.17, 15) is 4.79 Å². The Labute approximate surface area is 133 Å². The van der Waals surface area contributed by atoms with Crippen LogP contribution in [0.15, 0.2) is 83.3 Å². The first-order valence-electron chi connectivity index (χ1n) is 7.50. The highest BCUT2D eigenvalue weighted by Gasteiger charge is 2.09. The zero-order chi connectivity index (χ0) is 15.6. The number of carbonyl (C=O) groups excluding carboxylic acids is 1. The number of rotatable bonds is 3. The average molecular weight is 298 g/mol. The van der Waals surface area contributed by atoms with Crippen molar-refractivity contribution in [3.05, 3.63) is 90.0 Å². The van der Waals surface area contributed by atoms with Crippen molar-refractivity contribution in [1.82, 2.24) is 0 Å². The minimum Gasteiger partial charge on any atom is -0.456 e. The van der Waals surface area contributed by atoms with Gasteiger partial charge in [-0.05, 0) is 35.9 Å². The molecule has 1 aromatic heterocycles. The number of fused-ring (bicyclic) bond motifs is 3. The van der Waals surface area contributed by atoms with Gasteiger partial charge >= 0.3 is 0 Å². The molecule has 4 rings (SSSR count). The van der Waals surface area contributed by atoms with Crippen LogP contribution < -0.4 is 0 Å². The average Bonchev–Trinajstić information content (AvgIpc) is 2.98. The summed E-state index contributed by atoms with van der Waals surface area (Å²) in [4.78, 5) is 12.4. The van der Waals surface area contributed by atoms with Crippen molar-refractivity contribution in [1.29, 1.82) is 0 Å². The van der Waals surface area contributed by atoms with Gasteiger partial charge in [0.15, 0.2) is 5.78 Å². The van der Waals surface area contributed by atoms with E-state index in [0.717, 1.165) is 27.5 Å². The van der Waals surface area contributed by atoms with Gasteiger partial charge in [0.1, 0.15) is 11.2 Å². The molecule has 0 radical (unpaired) electrons. The molecule has 0 bridgehead atoms. The van der Waals surface area contributed by atoms with E-state index in [1.54, 1.807) is 6.08 Å². The van der Waals surface area contributed by atoms with Crippen LogP contribution in [0, 0.1) is 0 Å². The Morgan fingerprint density at radius 2 is 1.52 bits per heavy atom. The second-order valence-corrected chi connectivity index (χ2v) is 5.42. The molecule has 3 aromatic carbocycles. The van der Waals surface area contributed by atoms with Gasteiger partial charge in [-0.15, -0.1) is 0 Å². The van der Waals surface area contributed by atoms with Gasteiger partial charge in [0.05, 0.1) is 0 Å². The molecule has 0 atom stereocenters. The molecule has 0 N–H and O–H groups in total. The van der Waals surface area contributed by atoms with Crippen LogP contribution in [0.25, 0.3) is 28.0 Å². The van der Waals surface area contributed by atoms with Gasteiger partial charge in [0, 0.05) is 16.3 Å². The lowest BCUT2D eigenvalue weighted by molar-refractivity contribution is 0.104. The number of ketones is 1. The Morgan fingerprint density at radius 1 is 0.783 bits per heavy atom. The van der Waals surface area contributed by atoms with Crippen molar-refractivity contribution in [3.63, 3.8) is 0 Å². The smallest absolute Gasteiger partial charge is 0.185 e. The standard InChI is InChI=1S/C21H14O2/c22-19(12-10-15-6-2-1-3-7-15)16-11-13-21-18(14-16)17-8-4-5-9-20(17)23-21/h1-14H. The summed E-state index contributed by atoms with van der Waals surface area (Å²) < 4.78 is 5.79. The fourth-order valence-corrected chi connectivity index (χ4v) is 2.71. The topological polar surface area (TPSA) is 30.2 Å². The van der Waals surface area contributed by atoms with Crippen molar-refractivity contribution in [3.8, 4) is 0 Å². The second kappa shape index (κ2) is 5.58. The minimum atomic E-state index is -0.0129. The molecule has 110 valence electrons. The van der Waals surface area contributed by atoms with Crippen LogP contribution in [0.3, 0.4) is 0 Å². The number of benzene rings is 3. The zero-order valence-electron chi connectivity index (χ0n) is 12.4. The molecule has 2 nitrogen and oxygen atoms in total. The van der Waals surface area contributed by atoms with Gasteiger partial charge in [0.2, 0.25) is 0 Å². The van der Waals surface area contributed by atoms with E-state index in [0.29, 0.717) is 5.56 Å². The molecule has 0 fully saturated rings. The summed E-state index contributed by atoms with van der Waals surface area (Å²) in [6, 6.07) is 23.2. The highest BCUT2D eigenvalue weighted by Crippen LogP contribution is 2.29. The van der Waals surface area contributed by atoms with E-state index in [1.807, 2.05) is 78.9 Å². The van der Waals surface area contributed by atoms with Crippen LogP contribution in [0.5, 0.6) is 0 Å². The number of carbonyl (C=O) groups is 1. The third-order valence-electron chi connectivity index (χ3n) is 3.89. The number of para-hydroxylation sites is 1. The molecule has 23 heavy (non-hydrogen) atoms. The van der Waals surface area contributed by atoms with E-state index in [4.69, 9.17) is 4.42 Å². The molecule has 0 saturated carbocycles. The summed E-state index contributed by atoms with van der Waals surface area (Å²) in [7, 11) is 0. The normalized spacial score (nSPS) is 11.5. The number of allylic oxidation sites excluding steroid dienone is 1. The molecule has 0 unspecified atom stereocenters. The first kappa shape index (κ1) is 13.5. The largest absolute Gasteiger partial charge is 0.456 e. The molecule has 2 heteroatoms. The van der Waals surface area contributed by atoms with Gasteiger partial charge in [-0.2, -0.15) is 0 Å². The molecule has 0 saturated heterocycles. The van der Waals surface area contributed by atoms with Crippen molar-refractivity contribution >= 4 is 33.8 Å². The van der Waals surface area contributed by atoms with E-state index >= 15 is 0 Å². The summed E-state index contributed by atoms with van der Waals surface area (Å²) in [6.07, 6.45) is 3.44. The minimum absolute atomic E-state index is 0.0129. The van der Waals surface area contributed by atoms with Crippen LogP contribution in [0.4, 0.5) is 0 Å². The van der Waals surface area contributed by atoms with Crippen LogP contribution >= 0.6 is 0 Å². The van der Waals surface area contributed by atoms with Crippen LogP contribution in [-0.4, -0.2) is 5.78 Å². The lowest BCUT2D eigenvalue weighted by atomic mass is 10.1. The molecule has 0 aliphatic heterocycles. The second-order valence-electron chi connectivity index (χ2n) is 5.42. The van der Waals surface area contributed by atoms with Crippen molar-refractivity contribution < 1.29 is 9.21 Å². The predicted molar refractivity (Wildman–Crippen MR) is 93.5 cm³/mol. The summed E-state index contributed by atoms with van der Waals surface area (Å²) in [5.41, 5.74) is 3.31. The van der Waals surface area contributed by atoms with Crippen molar-refractivity contribution in [2.45, 2.75) is 0 Å². The third-order valence-corrected chi connectivity index (χ3v) is 3.89. The van der Waals surface area contributed by atoms with Gasteiger partial charge in [0.25, 0.3) is 0 Å². The summed E-state index contributed by atoms with van der Waals surface area (Å²) >= 11 is 0. The Morgan fingerprint density at radius 3 is 2.39 bits per heavy atom. The van der Waals surface area contributed by atoms with Crippen LogP contribution in [0.2, 0.25) is 0 Å². The highest BCUT2D eigenvalue weighted by molar-refractivity contribution is 6.12. The molecule has 0 amide bonds. The molecule has 0 aliphatic rings. The molecule has 0 aliphatic carbocycles. The van der Waals surface area contributed by atoms with Crippen molar-refractivity contribution in [2.75, 3.05) is 0 Å². The molecular weight excluding hydrogens is 284 g/mol. The lowest BCUT2D eigenvalue weighted by Crippen LogP contribution is -1.93. The van der Waals surface area contributed by atoms with Crippen LogP contribution in [-0.2, 0) is 0 Å². The maximum Gasteiger partial charge on any atom is 0.185 e. The zero-order valence-corrected chi connectivity index (χ0v) is 12.4. The maximum atomic E-state index is 12.4. The maximum absolute atomic E-state index is 12.4. The summed E-state index contributed by atoms with van der Waals surface area (Å²) in [5, 5.41) is 2.00. The fraction of sp³-hybridized carbons (Fsp3) is 0. The Kier molecular flexibility index (Phi) is 3.28. The third kappa shape index (κ3) is 2.55. The predicted octanol–water partition coefficient (Wildman–Crippen LogP) is 5.48. The SMILES string of the molecule is O=C(C=Cc1ccccc1)c1ccc2oc3ccccc3c2c1. The monoisotopic (exact) mass is 298 g/mol. The van der Waals surface area contributed by atoms with Crippen molar-refractivity contribution in [2.24, 2.45) is 0 Å². The lowest BCUT2D eigenvalue weighted by Gasteiger charge is -1.97. The van der Waals surface area contributed by atoms with Gasteiger partial charge in [-0.25, -0.2) is 0 Å². The van der Waals surface area contributed by atoms with Gasteiger partial charge < -0.3 is 4.42 Å². The Hall–Kier alpha value is -3.13. The molecule has 0 spiro atoms. The first-order valence-corrected chi connectivity index (χ1v) is 7.50. The Bertz CT molecular complexity index is 1020. The molecule has 1 heterocycles. The number of hydrogen-bond acceptors (Lipinski definition) is 2.